The molecule has 3 rings (SSSR count). The Morgan fingerprint density at radius 2 is 2.04 bits per heavy atom. The summed E-state index contributed by atoms with van der Waals surface area (Å²) < 4.78 is 5.43. The van der Waals surface area contributed by atoms with Crippen molar-refractivity contribution < 1.29 is 9.53 Å². The molecule has 0 bridgehead atoms. The number of amides is 1. The van der Waals surface area contributed by atoms with Crippen LogP contribution in [-0.4, -0.2) is 39.9 Å². The van der Waals surface area contributed by atoms with Gasteiger partial charge in [0.25, 0.3) is 0 Å². The van der Waals surface area contributed by atoms with E-state index in [2.05, 4.69) is 40.5 Å². The van der Waals surface area contributed by atoms with E-state index in [0.717, 1.165) is 17.5 Å². The van der Waals surface area contributed by atoms with E-state index >= 15 is 0 Å². The van der Waals surface area contributed by atoms with Crippen LogP contribution in [0.25, 0.3) is 16.7 Å². The zero-order valence-electron chi connectivity index (χ0n) is 14.4. The fraction of sp³-hybridized carbons (Fsp3) is 0.368. The summed E-state index contributed by atoms with van der Waals surface area (Å²) in [6.07, 6.45) is 6.40. The minimum atomic E-state index is -0.458. The Labute approximate surface area is 142 Å². The third kappa shape index (κ3) is 3.85. The first kappa shape index (κ1) is 16.3. The molecule has 24 heavy (non-hydrogen) atoms. The van der Waals surface area contributed by atoms with E-state index in [4.69, 9.17) is 4.74 Å². The largest absolute Gasteiger partial charge is 0.444 e. The van der Waals surface area contributed by atoms with E-state index in [1.165, 1.54) is 11.1 Å². The van der Waals surface area contributed by atoms with Crippen LogP contribution in [0.4, 0.5) is 4.79 Å². The predicted octanol–water partition coefficient (Wildman–Crippen LogP) is 4.10. The Kier molecular flexibility index (Phi) is 4.42. The molecule has 2 aromatic rings. The molecule has 5 nitrogen and oxygen atoms in total. The van der Waals surface area contributed by atoms with Crippen molar-refractivity contribution >= 4 is 11.7 Å². The number of hydrogen-bond donors (Lipinski definition) is 1. The molecule has 0 fully saturated rings. The average Bonchev–Trinajstić information content (AvgIpc) is 3.08. The van der Waals surface area contributed by atoms with Gasteiger partial charge in [-0.15, -0.1) is 0 Å². The maximum absolute atomic E-state index is 12.1. The van der Waals surface area contributed by atoms with Gasteiger partial charge in [-0.3, -0.25) is 5.10 Å². The second-order valence-corrected chi connectivity index (χ2v) is 6.97. The molecule has 1 aromatic carbocycles. The Balaban J connectivity index is 1.71. The van der Waals surface area contributed by atoms with Gasteiger partial charge >= 0.3 is 6.09 Å². The first-order chi connectivity index (χ1) is 11.4. The number of rotatable bonds is 2. The zero-order valence-corrected chi connectivity index (χ0v) is 14.4. The van der Waals surface area contributed by atoms with Crippen LogP contribution in [0.3, 0.4) is 0 Å². The molecule has 1 N–H and O–H groups in total. The lowest BCUT2D eigenvalue weighted by atomic mass is 9.96. The summed E-state index contributed by atoms with van der Waals surface area (Å²) >= 11 is 0. The van der Waals surface area contributed by atoms with E-state index in [1.807, 2.05) is 33.2 Å². The summed E-state index contributed by atoms with van der Waals surface area (Å²) in [7, 11) is 0. The molecular weight excluding hydrogens is 302 g/mol. The van der Waals surface area contributed by atoms with Gasteiger partial charge in [0.15, 0.2) is 0 Å². The molecule has 0 spiro atoms. The monoisotopic (exact) mass is 325 g/mol. The fourth-order valence-corrected chi connectivity index (χ4v) is 2.73. The van der Waals surface area contributed by atoms with Crippen LogP contribution in [0.15, 0.2) is 42.7 Å². The topological polar surface area (TPSA) is 58.2 Å². The van der Waals surface area contributed by atoms with Gasteiger partial charge in [0.2, 0.25) is 0 Å². The van der Waals surface area contributed by atoms with Gasteiger partial charge in [-0.2, -0.15) is 5.10 Å². The summed E-state index contributed by atoms with van der Waals surface area (Å²) in [6, 6.07) is 8.40. The highest BCUT2D eigenvalue weighted by atomic mass is 16.6. The van der Waals surface area contributed by atoms with Gasteiger partial charge in [0.05, 0.1) is 6.20 Å². The number of hydrogen-bond acceptors (Lipinski definition) is 3. The van der Waals surface area contributed by atoms with Crippen molar-refractivity contribution in [3.63, 3.8) is 0 Å². The molecule has 0 unspecified atom stereocenters. The number of nitrogens with one attached hydrogen (secondary N) is 1. The number of carbonyl (C=O) groups is 1. The number of benzene rings is 1. The summed E-state index contributed by atoms with van der Waals surface area (Å²) in [5, 5.41) is 6.84. The maximum atomic E-state index is 12.1. The zero-order chi connectivity index (χ0) is 17.2. The van der Waals surface area contributed by atoms with Crippen molar-refractivity contribution in [2.45, 2.75) is 32.8 Å². The molecule has 0 saturated carbocycles. The van der Waals surface area contributed by atoms with E-state index in [-0.39, 0.29) is 6.09 Å². The Hall–Kier alpha value is -2.56. The Morgan fingerprint density at radius 1 is 1.25 bits per heavy atom. The normalized spacial score (nSPS) is 15.1. The molecule has 0 radical (unpaired) electrons. The van der Waals surface area contributed by atoms with E-state index in [9.17, 15) is 4.79 Å². The highest BCUT2D eigenvalue weighted by Crippen LogP contribution is 2.27. The van der Waals surface area contributed by atoms with Crippen molar-refractivity contribution in [3.05, 3.63) is 48.3 Å². The number of aromatic nitrogens is 2. The molecule has 126 valence electrons. The summed E-state index contributed by atoms with van der Waals surface area (Å²) in [6.45, 7) is 6.92. The smallest absolute Gasteiger partial charge is 0.410 e. The average molecular weight is 325 g/mol. The molecule has 1 aliphatic rings. The summed E-state index contributed by atoms with van der Waals surface area (Å²) in [5.74, 6) is 0. The van der Waals surface area contributed by atoms with E-state index < -0.39 is 5.60 Å². The Morgan fingerprint density at radius 3 is 2.67 bits per heavy atom. The molecule has 0 aliphatic carbocycles. The lowest BCUT2D eigenvalue weighted by Crippen LogP contribution is -2.39. The Bertz CT molecular complexity index is 742. The molecule has 0 saturated heterocycles. The molecule has 1 amide bonds. The fourth-order valence-electron chi connectivity index (χ4n) is 2.73. The highest BCUT2D eigenvalue weighted by molar-refractivity contribution is 5.75. The summed E-state index contributed by atoms with van der Waals surface area (Å²) in [5.41, 5.74) is 4.21. The molecule has 0 atom stereocenters. The standard InChI is InChI=1S/C19H23N3O2/c1-19(2,3)24-18(23)22-9-7-14(8-10-22)15-5-4-6-16(11-15)17-12-20-21-13-17/h4-7,11-13H,8-10H2,1-3H3,(H,20,21). The minimum absolute atomic E-state index is 0.245. The number of ether oxygens (including phenoxy) is 1. The van der Waals surface area contributed by atoms with Crippen LogP contribution in [0, 0.1) is 0 Å². The third-order valence-corrected chi connectivity index (χ3v) is 3.93. The van der Waals surface area contributed by atoms with Crippen LogP contribution in [0.2, 0.25) is 0 Å². The summed E-state index contributed by atoms with van der Waals surface area (Å²) in [4.78, 5) is 13.9. The van der Waals surface area contributed by atoms with Crippen LogP contribution >= 0.6 is 0 Å². The molecule has 1 aliphatic heterocycles. The van der Waals surface area contributed by atoms with Gasteiger partial charge in [-0.05, 0) is 50.0 Å². The van der Waals surface area contributed by atoms with Crippen molar-refractivity contribution in [2.24, 2.45) is 0 Å². The van der Waals surface area contributed by atoms with Gasteiger partial charge in [-0.25, -0.2) is 4.79 Å². The number of aromatic amines is 1. The molecular formula is C19H23N3O2. The number of nitrogens with zero attached hydrogens (tertiary/aromatic N) is 2. The van der Waals surface area contributed by atoms with Crippen molar-refractivity contribution in [2.75, 3.05) is 13.1 Å². The second kappa shape index (κ2) is 6.51. The van der Waals surface area contributed by atoms with Crippen LogP contribution in [0.5, 0.6) is 0 Å². The van der Waals surface area contributed by atoms with Crippen molar-refractivity contribution in [1.82, 2.24) is 15.1 Å². The van der Waals surface area contributed by atoms with Gasteiger partial charge in [0.1, 0.15) is 5.60 Å². The van der Waals surface area contributed by atoms with E-state index in [0.29, 0.717) is 13.1 Å². The molecule has 1 aromatic heterocycles. The highest BCUT2D eigenvalue weighted by Gasteiger charge is 2.23. The van der Waals surface area contributed by atoms with E-state index in [1.54, 1.807) is 4.90 Å². The SMILES string of the molecule is CC(C)(C)OC(=O)N1CC=C(c2cccc(-c3cn[nH]c3)c2)CC1. The second-order valence-electron chi connectivity index (χ2n) is 6.97. The predicted molar refractivity (Wildman–Crippen MR) is 94.4 cm³/mol. The molecule has 2 heterocycles. The number of carbonyl (C=O) groups excluding carboxylic acids is 1. The number of H-pyrrole nitrogens is 1. The van der Waals surface area contributed by atoms with Gasteiger partial charge in [-0.1, -0.05) is 24.3 Å². The van der Waals surface area contributed by atoms with Crippen LogP contribution in [-0.2, 0) is 4.74 Å². The lowest BCUT2D eigenvalue weighted by Gasteiger charge is -2.29. The third-order valence-electron chi connectivity index (χ3n) is 3.93. The minimum Gasteiger partial charge on any atom is -0.444 e. The lowest BCUT2D eigenvalue weighted by molar-refractivity contribution is 0.0270. The first-order valence-corrected chi connectivity index (χ1v) is 8.19. The first-order valence-electron chi connectivity index (χ1n) is 8.19. The van der Waals surface area contributed by atoms with Crippen molar-refractivity contribution in [1.29, 1.82) is 0 Å². The van der Waals surface area contributed by atoms with Gasteiger partial charge < -0.3 is 9.64 Å². The van der Waals surface area contributed by atoms with Gasteiger partial charge in [0, 0.05) is 24.8 Å². The maximum Gasteiger partial charge on any atom is 0.410 e. The van der Waals surface area contributed by atoms with Crippen LogP contribution < -0.4 is 0 Å². The quantitative estimate of drug-likeness (QED) is 0.904. The molecule has 5 heteroatoms. The van der Waals surface area contributed by atoms with Crippen LogP contribution in [0.1, 0.15) is 32.8 Å². The van der Waals surface area contributed by atoms with Crippen molar-refractivity contribution in [3.8, 4) is 11.1 Å².